The SMILES string of the molecule is CC(C)c1ccc(COCc2ccc(N)cc2)cc1. The van der Waals surface area contributed by atoms with Crippen LogP contribution in [0.1, 0.15) is 36.5 Å². The molecule has 0 radical (unpaired) electrons. The number of nitrogen functional groups attached to an aromatic ring is 1. The molecule has 100 valence electrons. The summed E-state index contributed by atoms with van der Waals surface area (Å²) < 4.78 is 5.71. The molecular formula is C17H21NO. The van der Waals surface area contributed by atoms with Crippen LogP contribution in [0.3, 0.4) is 0 Å². The lowest BCUT2D eigenvalue weighted by Gasteiger charge is -2.08. The number of benzene rings is 2. The van der Waals surface area contributed by atoms with E-state index < -0.39 is 0 Å². The van der Waals surface area contributed by atoms with Crippen LogP contribution >= 0.6 is 0 Å². The Hall–Kier alpha value is -1.80. The first kappa shape index (κ1) is 13.6. The molecule has 0 spiro atoms. The molecular weight excluding hydrogens is 234 g/mol. The Morgan fingerprint density at radius 1 is 0.842 bits per heavy atom. The predicted molar refractivity (Wildman–Crippen MR) is 79.9 cm³/mol. The number of anilines is 1. The number of nitrogens with two attached hydrogens (primary N) is 1. The highest BCUT2D eigenvalue weighted by molar-refractivity contribution is 5.39. The lowest BCUT2D eigenvalue weighted by Crippen LogP contribution is -1.95. The summed E-state index contributed by atoms with van der Waals surface area (Å²) in [6.07, 6.45) is 0. The molecule has 2 N–H and O–H groups in total. The molecule has 0 fully saturated rings. The largest absolute Gasteiger partial charge is 0.399 e. The average Bonchev–Trinajstić information content (AvgIpc) is 2.41. The average molecular weight is 255 g/mol. The fourth-order valence-electron chi connectivity index (χ4n) is 1.90. The normalized spacial score (nSPS) is 10.9. The maximum Gasteiger partial charge on any atom is 0.0721 e. The zero-order valence-electron chi connectivity index (χ0n) is 11.6. The summed E-state index contributed by atoms with van der Waals surface area (Å²) in [6.45, 7) is 5.66. The highest BCUT2D eigenvalue weighted by Crippen LogP contribution is 2.15. The Kier molecular flexibility index (Phi) is 4.58. The molecule has 0 amide bonds. The smallest absolute Gasteiger partial charge is 0.0721 e. The maximum atomic E-state index is 5.71. The molecule has 0 saturated carbocycles. The molecule has 2 rings (SSSR count). The van der Waals surface area contributed by atoms with E-state index in [1.165, 1.54) is 11.1 Å². The second-order valence-corrected chi connectivity index (χ2v) is 5.13. The third-order valence-electron chi connectivity index (χ3n) is 3.16. The minimum atomic E-state index is 0.574. The maximum absolute atomic E-state index is 5.71. The van der Waals surface area contributed by atoms with E-state index in [0.29, 0.717) is 19.1 Å². The monoisotopic (exact) mass is 255 g/mol. The van der Waals surface area contributed by atoms with Gasteiger partial charge in [0, 0.05) is 5.69 Å². The standard InChI is InChI=1S/C17H21NO/c1-13(2)16-7-3-14(4-8-16)11-19-12-15-5-9-17(18)10-6-15/h3-10,13H,11-12,18H2,1-2H3. The summed E-state index contributed by atoms with van der Waals surface area (Å²) >= 11 is 0. The molecule has 0 heterocycles. The van der Waals surface area contributed by atoms with E-state index in [1.807, 2.05) is 24.3 Å². The van der Waals surface area contributed by atoms with E-state index in [0.717, 1.165) is 11.3 Å². The zero-order chi connectivity index (χ0) is 13.7. The van der Waals surface area contributed by atoms with Crippen molar-refractivity contribution in [2.45, 2.75) is 33.0 Å². The third kappa shape index (κ3) is 4.11. The molecule has 0 bridgehead atoms. The number of hydrogen-bond donors (Lipinski definition) is 1. The molecule has 0 aliphatic heterocycles. The molecule has 0 atom stereocenters. The second-order valence-electron chi connectivity index (χ2n) is 5.13. The summed E-state index contributed by atoms with van der Waals surface area (Å²) in [6, 6.07) is 16.4. The van der Waals surface area contributed by atoms with Gasteiger partial charge >= 0.3 is 0 Å². The van der Waals surface area contributed by atoms with Crippen molar-refractivity contribution in [1.29, 1.82) is 0 Å². The van der Waals surface area contributed by atoms with Crippen molar-refractivity contribution >= 4 is 5.69 Å². The van der Waals surface area contributed by atoms with E-state index >= 15 is 0 Å². The minimum Gasteiger partial charge on any atom is -0.399 e. The van der Waals surface area contributed by atoms with Gasteiger partial charge in [-0.05, 0) is 34.7 Å². The van der Waals surface area contributed by atoms with E-state index in [9.17, 15) is 0 Å². The van der Waals surface area contributed by atoms with Gasteiger partial charge in [0.2, 0.25) is 0 Å². The predicted octanol–water partition coefficient (Wildman–Crippen LogP) is 4.11. The van der Waals surface area contributed by atoms with Crippen LogP contribution in [0, 0.1) is 0 Å². The molecule has 0 unspecified atom stereocenters. The van der Waals surface area contributed by atoms with Crippen molar-refractivity contribution in [1.82, 2.24) is 0 Å². The van der Waals surface area contributed by atoms with Gasteiger partial charge in [-0.15, -0.1) is 0 Å². The highest BCUT2D eigenvalue weighted by atomic mass is 16.5. The van der Waals surface area contributed by atoms with Crippen LogP contribution in [0.25, 0.3) is 0 Å². The zero-order valence-corrected chi connectivity index (χ0v) is 11.6. The number of hydrogen-bond acceptors (Lipinski definition) is 2. The molecule has 0 saturated heterocycles. The fourth-order valence-corrected chi connectivity index (χ4v) is 1.90. The molecule has 0 aromatic heterocycles. The highest BCUT2D eigenvalue weighted by Gasteiger charge is 1.99. The van der Waals surface area contributed by atoms with Gasteiger partial charge < -0.3 is 10.5 Å². The van der Waals surface area contributed by atoms with Crippen molar-refractivity contribution in [3.8, 4) is 0 Å². The molecule has 2 aromatic carbocycles. The first-order valence-electron chi connectivity index (χ1n) is 6.66. The van der Waals surface area contributed by atoms with Gasteiger partial charge in [-0.3, -0.25) is 0 Å². The molecule has 0 aliphatic carbocycles. The minimum absolute atomic E-state index is 0.574. The van der Waals surface area contributed by atoms with Crippen LogP contribution in [0.2, 0.25) is 0 Å². The lowest BCUT2D eigenvalue weighted by atomic mass is 10.0. The fraction of sp³-hybridized carbons (Fsp3) is 0.294. The van der Waals surface area contributed by atoms with Gasteiger partial charge in [0.15, 0.2) is 0 Å². The van der Waals surface area contributed by atoms with Gasteiger partial charge in [0.25, 0.3) is 0 Å². The Morgan fingerprint density at radius 2 is 1.32 bits per heavy atom. The van der Waals surface area contributed by atoms with Crippen molar-refractivity contribution in [2.24, 2.45) is 0 Å². The first-order chi connectivity index (χ1) is 9.15. The van der Waals surface area contributed by atoms with E-state index in [4.69, 9.17) is 10.5 Å². The van der Waals surface area contributed by atoms with Crippen molar-refractivity contribution in [3.05, 3.63) is 65.2 Å². The van der Waals surface area contributed by atoms with Crippen LogP contribution in [0.15, 0.2) is 48.5 Å². The molecule has 2 nitrogen and oxygen atoms in total. The van der Waals surface area contributed by atoms with Crippen LogP contribution in [-0.4, -0.2) is 0 Å². The van der Waals surface area contributed by atoms with Crippen molar-refractivity contribution < 1.29 is 4.74 Å². The van der Waals surface area contributed by atoms with Gasteiger partial charge in [0.1, 0.15) is 0 Å². The quantitative estimate of drug-likeness (QED) is 0.816. The van der Waals surface area contributed by atoms with Crippen LogP contribution in [0.4, 0.5) is 5.69 Å². The van der Waals surface area contributed by atoms with E-state index in [-0.39, 0.29) is 0 Å². The summed E-state index contributed by atoms with van der Waals surface area (Å²) in [7, 11) is 0. The molecule has 19 heavy (non-hydrogen) atoms. The third-order valence-corrected chi connectivity index (χ3v) is 3.16. The molecule has 0 aliphatic rings. The van der Waals surface area contributed by atoms with Crippen molar-refractivity contribution in [3.63, 3.8) is 0 Å². The van der Waals surface area contributed by atoms with Crippen LogP contribution < -0.4 is 5.73 Å². The summed E-state index contributed by atoms with van der Waals surface area (Å²) in [5.41, 5.74) is 10.1. The first-order valence-corrected chi connectivity index (χ1v) is 6.66. The number of rotatable bonds is 5. The van der Waals surface area contributed by atoms with E-state index in [1.54, 1.807) is 0 Å². The Bertz CT molecular complexity index is 500. The van der Waals surface area contributed by atoms with Gasteiger partial charge in [-0.2, -0.15) is 0 Å². The molecule has 2 heteroatoms. The van der Waals surface area contributed by atoms with Gasteiger partial charge in [0.05, 0.1) is 13.2 Å². The van der Waals surface area contributed by atoms with Gasteiger partial charge in [-0.1, -0.05) is 50.2 Å². The second kappa shape index (κ2) is 6.39. The number of ether oxygens (including phenoxy) is 1. The Labute approximate surface area is 115 Å². The Balaban J connectivity index is 1.83. The Morgan fingerprint density at radius 3 is 1.79 bits per heavy atom. The summed E-state index contributed by atoms with van der Waals surface area (Å²) in [4.78, 5) is 0. The summed E-state index contributed by atoms with van der Waals surface area (Å²) in [5, 5.41) is 0. The van der Waals surface area contributed by atoms with Crippen molar-refractivity contribution in [2.75, 3.05) is 5.73 Å². The van der Waals surface area contributed by atoms with Crippen LogP contribution in [0.5, 0.6) is 0 Å². The molecule has 2 aromatic rings. The van der Waals surface area contributed by atoms with Crippen LogP contribution in [-0.2, 0) is 18.0 Å². The summed E-state index contributed by atoms with van der Waals surface area (Å²) in [5.74, 6) is 0.574. The lowest BCUT2D eigenvalue weighted by molar-refractivity contribution is 0.107. The topological polar surface area (TPSA) is 35.2 Å². The van der Waals surface area contributed by atoms with E-state index in [2.05, 4.69) is 38.1 Å². The van der Waals surface area contributed by atoms with Gasteiger partial charge in [-0.25, -0.2) is 0 Å².